The van der Waals surface area contributed by atoms with Crippen LogP contribution < -0.4 is 10.6 Å². The van der Waals surface area contributed by atoms with Gasteiger partial charge in [0.1, 0.15) is 0 Å². The highest BCUT2D eigenvalue weighted by molar-refractivity contribution is 5.73. The van der Waals surface area contributed by atoms with Gasteiger partial charge in [0.2, 0.25) is 0 Å². The van der Waals surface area contributed by atoms with Gasteiger partial charge in [-0.25, -0.2) is 4.79 Å². The van der Waals surface area contributed by atoms with Gasteiger partial charge in [-0.05, 0) is 19.8 Å². The van der Waals surface area contributed by atoms with Crippen molar-refractivity contribution in [2.75, 3.05) is 13.1 Å². The first-order valence-electron chi connectivity index (χ1n) is 4.90. The molecule has 1 aliphatic carbocycles. The molecule has 0 aromatic carbocycles. The zero-order chi connectivity index (χ0) is 9.73. The third-order valence-electron chi connectivity index (χ3n) is 2.45. The van der Waals surface area contributed by atoms with E-state index in [0.29, 0.717) is 13.1 Å². The topological polar surface area (TPSA) is 61.4 Å². The molecule has 0 aromatic rings. The molecule has 0 atom stereocenters. The molecule has 0 aliphatic heterocycles. The van der Waals surface area contributed by atoms with Gasteiger partial charge in [-0.1, -0.05) is 12.8 Å². The average molecular weight is 186 g/mol. The van der Waals surface area contributed by atoms with Crippen LogP contribution in [0.3, 0.4) is 0 Å². The van der Waals surface area contributed by atoms with E-state index in [9.17, 15) is 9.90 Å². The molecule has 3 N–H and O–H groups in total. The Bertz CT molecular complexity index is 176. The molecule has 1 rings (SSSR count). The molecule has 1 fully saturated rings. The number of nitrogens with one attached hydrogen (secondary N) is 2. The third-order valence-corrected chi connectivity index (χ3v) is 2.45. The monoisotopic (exact) mass is 186 g/mol. The molecule has 2 amide bonds. The molecule has 0 aromatic heterocycles. The van der Waals surface area contributed by atoms with Crippen molar-refractivity contribution < 1.29 is 9.90 Å². The highest BCUT2D eigenvalue weighted by Crippen LogP contribution is 2.28. The molecule has 0 bridgehead atoms. The van der Waals surface area contributed by atoms with Crippen LogP contribution in [0.5, 0.6) is 0 Å². The van der Waals surface area contributed by atoms with Crippen LogP contribution in [0.4, 0.5) is 4.79 Å². The number of hydrogen-bond acceptors (Lipinski definition) is 2. The molecule has 0 unspecified atom stereocenters. The van der Waals surface area contributed by atoms with E-state index in [1.54, 1.807) is 0 Å². The highest BCUT2D eigenvalue weighted by atomic mass is 16.3. The lowest BCUT2D eigenvalue weighted by atomic mass is 10.0. The van der Waals surface area contributed by atoms with Crippen LogP contribution in [0.25, 0.3) is 0 Å². The van der Waals surface area contributed by atoms with Crippen LogP contribution >= 0.6 is 0 Å². The maximum absolute atomic E-state index is 11.0. The number of carbonyl (C=O) groups excluding carboxylic acids is 1. The molecule has 4 heteroatoms. The second-order valence-electron chi connectivity index (χ2n) is 3.64. The number of aliphatic hydroxyl groups is 1. The predicted molar refractivity (Wildman–Crippen MR) is 50.5 cm³/mol. The molecule has 1 aliphatic rings. The first-order chi connectivity index (χ1) is 6.16. The average Bonchev–Trinajstić information content (AvgIpc) is 2.51. The van der Waals surface area contributed by atoms with Gasteiger partial charge < -0.3 is 15.7 Å². The summed E-state index contributed by atoms with van der Waals surface area (Å²) in [5.74, 6) is 0. The van der Waals surface area contributed by atoms with Crippen molar-refractivity contribution in [3.05, 3.63) is 0 Å². The zero-order valence-electron chi connectivity index (χ0n) is 8.10. The molecular weight excluding hydrogens is 168 g/mol. The molecule has 13 heavy (non-hydrogen) atoms. The van der Waals surface area contributed by atoms with E-state index in [1.165, 1.54) is 0 Å². The Hall–Kier alpha value is -0.770. The summed E-state index contributed by atoms with van der Waals surface area (Å²) in [6, 6.07) is -0.192. The van der Waals surface area contributed by atoms with Crippen molar-refractivity contribution in [1.29, 1.82) is 0 Å². The van der Waals surface area contributed by atoms with E-state index in [0.717, 1.165) is 25.7 Å². The Morgan fingerprint density at radius 1 is 1.38 bits per heavy atom. The lowest BCUT2D eigenvalue weighted by molar-refractivity contribution is 0.0501. The Labute approximate surface area is 78.7 Å². The fourth-order valence-corrected chi connectivity index (χ4v) is 1.68. The first kappa shape index (κ1) is 10.3. The van der Waals surface area contributed by atoms with Gasteiger partial charge in [0, 0.05) is 13.1 Å². The summed E-state index contributed by atoms with van der Waals surface area (Å²) in [6.07, 6.45) is 3.74. The maximum Gasteiger partial charge on any atom is 0.314 e. The first-order valence-corrected chi connectivity index (χ1v) is 4.90. The lowest BCUT2D eigenvalue weighted by Crippen LogP contribution is -2.44. The fraction of sp³-hybridized carbons (Fsp3) is 0.889. The number of hydrogen-bond donors (Lipinski definition) is 3. The van der Waals surface area contributed by atoms with Gasteiger partial charge in [0.15, 0.2) is 0 Å². The van der Waals surface area contributed by atoms with Crippen LogP contribution in [0.15, 0.2) is 0 Å². The maximum atomic E-state index is 11.0. The van der Waals surface area contributed by atoms with Crippen molar-refractivity contribution >= 4 is 6.03 Å². The summed E-state index contributed by atoms with van der Waals surface area (Å²) in [7, 11) is 0. The van der Waals surface area contributed by atoms with Gasteiger partial charge in [0.05, 0.1) is 5.60 Å². The SMILES string of the molecule is CCNC(=O)NCC1(O)CCCC1. The van der Waals surface area contributed by atoms with Gasteiger partial charge in [-0.3, -0.25) is 0 Å². The molecule has 4 nitrogen and oxygen atoms in total. The van der Waals surface area contributed by atoms with E-state index in [-0.39, 0.29) is 6.03 Å². The van der Waals surface area contributed by atoms with Crippen LogP contribution in [-0.2, 0) is 0 Å². The number of urea groups is 1. The second-order valence-corrected chi connectivity index (χ2v) is 3.64. The minimum absolute atomic E-state index is 0.192. The predicted octanol–water partition coefficient (Wildman–Crippen LogP) is 0.611. The van der Waals surface area contributed by atoms with Crippen molar-refractivity contribution in [2.45, 2.75) is 38.2 Å². The quantitative estimate of drug-likeness (QED) is 0.604. The standard InChI is InChI=1S/C9H18N2O2/c1-2-10-8(12)11-7-9(13)5-3-4-6-9/h13H,2-7H2,1H3,(H2,10,11,12). The summed E-state index contributed by atoms with van der Waals surface area (Å²) < 4.78 is 0. The Morgan fingerprint density at radius 2 is 2.00 bits per heavy atom. The molecule has 1 saturated carbocycles. The lowest BCUT2D eigenvalue weighted by Gasteiger charge is -2.22. The Kier molecular flexibility index (Phi) is 3.54. The van der Waals surface area contributed by atoms with Crippen LogP contribution in [-0.4, -0.2) is 29.8 Å². The number of rotatable bonds is 3. The summed E-state index contributed by atoms with van der Waals surface area (Å²) >= 11 is 0. The van der Waals surface area contributed by atoms with Crippen molar-refractivity contribution in [1.82, 2.24) is 10.6 Å². The third kappa shape index (κ3) is 3.22. The van der Waals surface area contributed by atoms with E-state index in [1.807, 2.05) is 6.92 Å². The van der Waals surface area contributed by atoms with Gasteiger partial charge in [-0.15, -0.1) is 0 Å². The normalized spacial score (nSPS) is 19.8. The molecule has 76 valence electrons. The van der Waals surface area contributed by atoms with Crippen molar-refractivity contribution in [3.8, 4) is 0 Å². The van der Waals surface area contributed by atoms with Gasteiger partial charge in [-0.2, -0.15) is 0 Å². The van der Waals surface area contributed by atoms with E-state index < -0.39 is 5.60 Å². The minimum atomic E-state index is -0.648. The molecular formula is C9H18N2O2. The molecule has 0 heterocycles. The summed E-state index contributed by atoms with van der Waals surface area (Å²) in [4.78, 5) is 11.0. The Balaban J connectivity index is 2.21. The van der Waals surface area contributed by atoms with Crippen molar-refractivity contribution in [3.63, 3.8) is 0 Å². The van der Waals surface area contributed by atoms with Crippen LogP contribution in [0, 0.1) is 0 Å². The van der Waals surface area contributed by atoms with Gasteiger partial charge in [0.25, 0.3) is 0 Å². The van der Waals surface area contributed by atoms with Crippen LogP contribution in [0.1, 0.15) is 32.6 Å². The zero-order valence-corrected chi connectivity index (χ0v) is 8.10. The summed E-state index contributed by atoms with van der Waals surface area (Å²) in [5, 5.41) is 15.2. The second kappa shape index (κ2) is 4.46. The smallest absolute Gasteiger partial charge is 0.314 e. The largest absolute Gasteiger partial charge is 0.388 e. The summed E-state index contributed by atoms with van der Waals surface area (Å²) in [5.41, 5.74) is -0.648. The minimum Gasteiger partial charge on any atom is -0.388 e. The number of amides is 2. The fourth-order valence-electron chi connectivity index (χ4n) is 1.68. The van der Waals surface area contributed by atoms with Gasteiger partial charge >= 0.3 is 6.03 Å². The number of carbonyl (C=O) groups is 1. The van der Waals surface area contributed by atoms with Crippen molar-refractivity contribution in [2.24, 2.45) is 0 Å². The van der Waals surface area contributed by atoms with Crippen LogP contribution in [0.2, 0.25) is 0 Å². The van der Waals surface area contributed by atoms with E-state index in [4.69, 9.17) is 0 Å². The van der Waals surface area contributed by atoms with E-state index >= 15 is 0 Å². The Morgan fingerprint density at radius 3 is 2.54 bits per heavy atom. The highest BCUT2D eigenvalue weighted by Gasteiger charge is 2.31. The van der Waals surface area contributed by atoms with E-state index in [2.05, 4.69) is 10.6 Å². The summed E-state index contributed by atoms with van der Waals surface area (Å²) in [6.45, 7) is 2.85. The molecule has 0 saturated heterocycles. The molecule has 0 radical (unpaired) electrons. The molecule has 0 spiro atoms.